The maximum atomic E-state index is 12.7. The highest BCUT2D eigenvalue weighted by Gasteiger charge is 2.38. The Morgan fingerprint density at radius 1 is 1.14 bits per heavy atom. The Balaban J connectivity index is 1.77. The Hall–Kier alpha value is -2.91. The molecule has 0 radical (unpaired) electrons. The van der Waals surface area contributed by atoms with Gasteiger partial charge in [-0.15, -0.1) is 0 Å². The van der Waals surface area contributed by atoms with E-state index in [4.69, 9.17) is 11.6 Å². The van der Waals surface area contributed by atoms with Crippen LogP contribution in [-0.2, 0) is 12.7 Å². The van der Waals surface area contributed by atoms with E-state index in [9.17, 15) is 23.1 Å². The van der Waals surface area contributed by atoms with Crippen molar-refractivity contribution >= 4 is 17.5 Å². The topological polar surface area (TPSA) is 79.5 Å². The Kier molecular flexibility index (Phi) is 6.19. The van der Waals surface area contributed by atoms with Gasteiger partial charge in [-0.3, -0.25) is 4.79 Å². The molecule has 29 heavy (non-hydrogen) atoms. The molecule has 6 nitrogen and oxygen atoms in total. The lowest BCUT2D eigenvalue weighted by molar-refractivity contribution is -0.159. The molecule has 1 heterocycles. The van der Waals surface area contributed by atoms with Gasteiger partial charge in [0.05, 0.1) is 17.2 Å². The van der Waals surface area contributed by atoms with Crippen LogP contribution in [0.1, 0.15) is 21.8 Å². The molecule has 0 aliphatic carbocycles. The number of alkyl halides is 3. The van der Waals surface area contributed by atoms with Crippen LogP contribution in [0.3, 0.4) is 0 Å². The number of amides is 1. The van der Waals surface area contributed by atoms with E-state index in [0.29, 0.717) is 21.7 Å². The third kappa shape index (κ3) is 4.93. The molecule has 0 bridgehead atoms. The summed E-state index contributed by atoms with van der Waals surface area (Å²) in [6.07, 6.45) is -4.71. The molecular formula is C19H15ClF3N3O3. The largest absolute Gasteiger partial charge is 0.471 e. The lowest BCUT2D eigenvalue weighted by Crippen LogP contribution is -2.33. The van der Waals surface area contributed by atoms with Crippen molar-refractivity contribution in [3.63, 3.8) is 0 Å². The molecule has 0 spiro atoms. The maximum Gasteiger partial charge on any atom is 0.471 e. The van der Waals surface area contributed by atoms with Crippen LogP contribution in [0.25, 0.3) is 11.4 Å². The maximum absolute atomic E-state index is 12.7. The minimum absolute atomic E-state index is 0.0889. The SMILES string of the molecule is O=C(c1ccccc1Cl)N(CCO)Cc1ccc(-c2noc(C(F)(F)F)n2)cc1. The van der Waals surface area contributed by atoms with Crippen LogP contribution in [0.5, 0.6) is 0 Å². The van der Waals surface area contributed by atoms with E-state index >= 15 is 0 Å². The Bertz CT molecular complexity index is 990. The van der Waals surface area contributed by atoms with E-state index in [1.165, 1.54) is 17.0 Å². The van der Waals surface area contributed by atoms with Crippen molar-refractivity contribution < 1.29 is 27.6 Å². The van der Waals surface area contributed by atoms with Gasteiger partial charge in [-0.25, -0.2) is 0 Å². The van der Waals surface area contributed by atoms with E-state index in [0.717, 1.165) is 0 Å². The lowest BCUT2D eigenvalue weighted by Gasteiger charge is -2.22. The van der Waals surface area contributed by atoms with Gasteiger partial charge in [-0.1, -0.05) is 53.2 Å². The zero-order valence-electron chi connectivity index (χ0n) is 14.9. The first-order chi connectivity index (χ1) is 13.8. The number of carbonyl (C=O) groups excluding carboxylic acids is 1. The average Bonchev–Trinajstić information content (AvgIpc) is 3.19. The van der Waals surface area contributed by atoms with E-state index in [2.05, 4.69) is 14.7 Å². The van der Waals surface area contributed by atoms with Gasteiger partial charge in [0, 0.05) is 18.7 Å². The molecular weight excluding hydrogens is 411 g/mol. The van der Waals surface area contributed by atoms with Crippen molar-refractivity contribution in [1.82, 2.24) is 15.0 Å². The summed E-state index contributed by atoms with van der Waals surface area (Å²) in [4.78, 5) is 17.5. The van der Waals surface area contributed by atoms with Gasteiger partial charge in [0.1, 0.15) is 0 Å². The molecule has 2 aromatic carbocycles. The van der Waals surface area contributed by atoms with Gasteiger partial charge < -0.3 is 14.5 Å². The predicted octanol–water partition coefficient (Wildman–Crippen LogP) is 4.04. The molecule has 3 aromatic rings. The number of aliphatic hydroxyl groups excluding tert-OH is 1. The highest BCUT2D eigenvalue weighted by atomic mass is 35.5. The molecule has 10 heteroatoms. The number of aromatic nitrogens is 2. The zero-order valence-corrected chi connectivity index (χ0v) is 15.6. The average molecular weight is 426 g/mol. The number of aliphatic hydroxyl groups is 1. The number of hydrogen-bond donors (Lipinski definition) is 1. The van der Waals surface area contributed by atoms with E-state index in [-0.39, 0.29) is 31.4 Å². The molecule has 152 valence electrons. The first-order valence-electron chi connectivity index (χ1n) is 8.44. The van der Waals surface area contributed by atoms with Crippen LogP contribution in [0.2, 0.25) is 5.02 Å². The fourth-order valence-corrected chi connectivity index (χ4v) is 2.83. The molecule has 0 atom stereocenters. The molecule has 0 unspecified atom stereocenters. The second-order valence-electron chi connectivity index (χ2n) is 6.05. The molecule has 0 aliphatic heterocycles. The first-order valence-corrected chi connectivity index (χ1v) is 8.82. The number of carbonyl (C=O) groups is 1. The van der Waals surface area contributed by atoms with Crippen molar-refractivity contribution in [2.75, 3.05) is 13.2 Å². The summed E-state index contributed by atoms with van der Waals surface area (Å²) in [7, 11) is 0. The van der Waals surface area contributed by atoms with Crippen LogP contribution in [0.15, 0.2) is 53.1 Å². The summed E-state index contributed by atoms with van der Waals surface area (Å²) in [5.74, 6) is -1.96. The van der Waals surface area contributed by atoms with Crippen LogP contribution in [0.4, 0.5) is 13.2 Å². The number of halogens is 4. The van der Waals surface area contributed by atoms with Gasteiger partial charge >= 0.3 is 12.1 Å². The normalized spacial score (nSPS) is 11.5. The standard InChI is InChI=1S/C19H15ClF3N3O3/c20-15-4-2-1-3-14(15)17(28)26(9-10-27)11-12-5-7-13(8-6-12)16-24-18(29-25-16)19(21,22)23/h1-8,27H,9-11H2. The minimum atomic E-state index is -4.71. The fraction of sp³-hybridized carbons (Fsp3) is 0.211. The van der Waals surface area contributed by atoms with Crippen molar-refractivity contribution in [2.45, 2.75) is 12.7 Å². The highest BCUT2D eigenvalue weighted by molar-refractivity contribution is 6.33. The third-order valence-corrected chi connectivity index (χ3v) is 4.35. The molecule has 0 saturated carbocycles. The number of hydrogen-bond acceptors (Lipinski definition) is 5. The molecule has 1 amide bonds. The van der Waals surface area contributed by atoms with E-state index in [1.54, 1.807) is 36.4 Å². The van der Waals surface area contributed by atoms with Crippen molar-refractivity contribution in [2.24, 2.45) is 0 Å². The van der Waals surface area contributed by atoms with Gasteiger partial charge in [0.15, 0.2) is 0 Å². The van der Waals surface area contributed by atoms with Gasteiger partial charge in [0.25, 0.3) is 5.91 Å². The summed E-state index contributed by atoms with van der Waals surface area (Å²) >= 11 is 6.08. The highest BCUT2D eigenvalue weighted by Crippen LogP contribution is 2.29. The first kappa shape index (κ1) is 20.8. The molecule has 0 saturated heterocycles. The van der Waals surface area contributed by atoms with Crippen molar-refractivity contribution in [3.05, 3.63) is 70.6 Å². The Labute approximate surface area is 168 Å². The van der Waals surface area contributed by atoms with Gasteiger partial charge in [0.2, 0.25) is 5.82 Å². The summed E-state index contributed by atoms with van der Waals surface area (Å²) in [5, 5.41) is 12.9. The van der Waals surface area contributed by atoms with E-state index < -0.39 is 12.1 Å². The molecule has 0 aliphatic rings. The fourth-order valence-electron chi connectivity index (χ4n) is 2.61. The zero-order chi connectivity index (χ0) is 21.0. The Morgan fingerprint density at radius 2 is 1.83 bits per heavy atom. The molecule has 1 N–H and O–H groups in total. The van der Waals surface area contributed by atoms with Crippen molar-refractivity contribution in [1.29, 1.82) is 0 Å². The monoisotopic (exact) mass is 425 g/mol. The van der Waals surface area contributed by atoms with Crippen molar-refractivity contribution in [3.8, 4) is 11.4 Å². The smallest absolute Gasteiger partial charge is 0.395 e. The van der Waals surface area contributed by atoms with Gasteiger partial charge in [-0.2, -0.15) is 18.2 Å². The lowest BCUT2D eigenvalue weighted by atomic mass is 10.1. The third-order valence-electron chi connectivity index (χ3n) is 4.02. The number of nitrogens with zero attached hydrogens (tertiary/aromatic N) is 3. The van der Waals surface area contributed by atoms with Crippen LogP contribution in [-0.4, -0.2) is 39.2 Å². The second kappa shape index (κ2) is 8.62. The quantitative estimate of drug-likeness (QED) is 0.644. The second-order valence-corrected chi connectivity index (χ2v) is 6.46. The summed E-state index contributed by atoms with van der Waals surface area (Å²) < 4.78 is 42.0. The molecule has 1 aromatic heterocycles. The predicted molar refractivity (Wildman–Crippen MR) is 98.0 cm³/mol. The molecule has 0 fully saturated rings. The molecule has 3 rings (SSSR count). The van der Waals surface area contributed by atoms with Crippen LogP contribution < -0.4 is 0 Å². The summed E-state index contributed by atoms with van der Waals surface area (Å²) in [5.41, 5.74) is 1.34. The summed E-state index contributed by atoms with van der Waals surface area (Å²) in [6, 6.07) is 12.9. The minimum Gasteiger partial charge on any atom is -0.395 e. The number of benzene rings is 2. The number of rotatable bonds is 6. The summed E-state index contributed by atoms with van der Waals surface area (Å²) in [6.45, 7) is 0.0217. The Morgan fingerprint density at radius 3 is 2.41 bits per heavy atom. The van der Waals surface area contributed by atoms with E-state index in [1.807, 2.05) is 0 Å². The van der Waals surface area contributed by atoms with Crippen LogP contribution >= 0.6 is 11.6 Å². The van der Waals surface area contributed by atoms with Crippen LogP contribution in [0, 0.1) is 0 Å². The van der Waals surface area contributed by atoms with Gasteiger partial charge in [-0.05, 0) is 17.7 Å².